The SMILES string of the molecule is CCC(Sc1cccc(NC(=O)/C(=C\c2cccc3ccccc23)NC(=O)c2ccccc2)c1)C(=O)Nc1nc(-c2cccs2)cs1. The van der Waals surface area contributed by atoms with Crippen molar-refractivity contribution in [2.45, 2.75) is 23.5 Å². The molecule has 0 spiro atoms. The van der Waals surface area contributed by atoms with Gasteiger partial charge in [-0.05, 0) is 70.6 Å². The zero-order valence-electron chi connectivity index (χ0n) is 25.3. The van der Waals surface area contributed by atoms with Gasteiger partial charge in [0.1, 0.15) is 5.70 Å². The molecule has 6 rings (SSSR count). The molecule has 0 aliphatic heterocycles. The first-order valence-electron chi connectivity index (χ1n) is 14.9. The molecule has 0 fully saturated rings. The Kier molecular flexibility index (Phi) is 10.2. The molecule has 2 heterocycles. The van der Waals surface area contributed by atoms with Crippen molar-refractivity contribution in [1.29, 1.82) is 0 Å². The highest BCUT2D eigenvalue weighted by Crippen LogP contribution is 2.31. The van der Waals surface area contributed by atoms with Crippen LogP contribution in [0.15, 0.2) is 131 Å². The van der Waals surface area contributed by atoms with E-state index in [1.807, 2.05) is 96.5 Å². The molecule has 47 heavy (non-hydrogen) atoms. The van der Waals surface area contributed by atoms with E-state index in [9.17, 15) is 14.4 Å². The first kappa shape index (κ1) is 31.9. The summed E-state index contributed by atoms with van der Waals surface area (Å²) in [6.45, 7) is 1.96. The lowest BCUT2D eigenvalue weighted by molar-refractivity contribution is -0.116. The first-order valence-corrected chi connectivity index (χ1v) is 17.5. The Morgan fingerprint density at radius 1 is 0.851 bits per heavy atom. The summed E-state index contributed by atoms with van der Waals surface area (Å²) >= 11 is 4.41. The Labute approximate surface area is 284 Å². The molecule has 2 aromatic heterocycles. The Hall–Kier alpha value is -5.03. The van der Waals surface area contributed by atoms with Crippen LogP contribution in [-0.2, 0) is 9.59 Å². The van der Waals surface area contributed by atoms with Gasteiger partial charge < -0.3 is 16.0 Å². The molecule has 1 atom stereocenters. The van der Waals surface area contributed by atoms with E-state index in [0.29, 0.717) is 22.8 Å². The van der Waals surface area contributed by atoms with Gasteiger partial charge >= 0.3 is 0 Å². The third-order valence-corrected chi connectivity index (χ3v) is 10.2. The number of thioether (sulfide) groups is 1. The molecule has 1 unspecified atom stereocenters. The predicted octanol–water partition coefficient (Wildman–Crippen LogP) is 8.94. The lowest BCUT2D eigenvalue weighted by Gasteiger charge is -2.15. The van der Waals surface area contributed by atoms with Crippen LogP contribution in [0.1, 0.15) is 29.3 Å². The van der Waals surface area contributed by atoms with Crippen LogP contribution >= 0.6 is 34.4 Å². The van der Waals surface area contributed by atoms with E-state index < -0.39 is 11.8 Å². The first-order chi connectivity index (χ1) is 23.0. The maximum atomic E-state index is 13.7. The van der Waals surface area contributed by atoms with E-state index in [1.165, 1.54) is 23.1 Å². The van der Waals surface area contributed by atoms with Crippen LogP contribution in [0, 0.1) is 0 Å². The van der Waals surface area contributed by atoms with Gasteiger partial charge in [0.05, 0.1) is 15.8 Å². The normalized spacial score (nSPS) is 12.0. The second-order valence-corrected chi connectivity index (χ2v) is 13.5. The number of benzene rings is 4. The lowest BCUT2D eigenvalue weighted by Crippen LogP contribution is -2.30. The summed E-state index contributed by atoms with van der Waals surface area (Å²) in [7, 11) is 0. The summed E-state index contributed by atoms with van der Waals surface area (Å²) in [5, 5.41) is 14.8. The van der Waals surface area contributed by atoms with E-state index in [2.05, 4.69) is 20.9 Å². The number of carbonyl (C=O) groups excluding carboxylic acids is 3. The lowest BCUT2D eigenvalue weighted by atomic mass is 10.0. The maximum absolute atomic E-state index is 13.7. The zero-order valence-corrected chi connectivity index (χ0v) is 27.8. The van der Waals surface area contributed by atoms with Crippen LogP contribution in [-0.4, -0.2) is 28.0 Å². The van der Waals surface area contributed by atoms with E-state index in [1.54, 1.807) is 47.7 Å². The molecule has 234 valence electrons. The van der Waals surface area contributed by atoms with Crippen molar-refractivity contribution >= 4 is 79.8 Å². The summed E-state index contributed by atoms with van der Waals surface area (Å²) in [5.74, 6) is -1.00. The molecule has 4 aromatic carbocycles. The average molecular weight is 675 g/mol. The van der Waals surface area contributed by atoms with Gasteiger partial charge in [0.15, 0.2) is 5.13 Å². The average Bonchev–Trinajstić information content (AvgIpc) is 3.80. The Morgan fingerprint density at radius 3 is 2.45 bits per heavy atom. The summed E-state index contributed by atoms with van der Waals surface area (Å²) < 4.78 is 0. The van der Waals surface area contributed by atoms with Gasteiger partial charge in [0.2, 0.25) is 5.91 Å². The van der Waals surface area contributed by atoms with Crippen molar-refractivity contribution in [1.82, 2.24) is 10.3 Å². The summed E-state index contributed by atoms with van der Waals surface area (Å²) in [5.41, 5.74) is 2.72. The number of carbonyl (C=O) groups is 3. The van der Waals surface area contributed by atoms with E-state index in [-0.39, 0.29) is 16.9 Å². The number of aromatic nitrogens is 1. The highest BCUT2D eigenvalue weighted by atomic mass is 32.2. The number of amides is 3. The van der Waals surface area contributed by atoms with Crippen LogP contribution < -0.4 is 16.0 Å². The number of thiophene rings is 1. The van der Waals surface area contributed by atoms with Crippen LogP contribution in [0.2, 0.25) is 0 Å². The fourth-order valence-electron chi connectivity index (χ4n) is 4.86. The number of anilines is 2. The molecule has 3 amide bonds. The monoisotopic (exact) mass is 674 g/mol. The smallest absolute Gasteiger partial charge is 0.272 e. The second kappa shape index (κ2) is 15.0. The van der Waals surface area contributed by atoms with Crippen LogP contribution in [0.4, 0.5) is 10.8 Å². The van der Waals surface area contributed by atoms with Crippen molar-refractivity contribution in [3.63, 3.8) is 0 Å². The highest BCUT2D eigenvalue weighted by Gasteiger charge is 2.21. The van der Waals surface area contributed by atoms with Gasteiger partial charge in [0.25, 0.3) is 11.8 Å². The quantitative estimate of drug-likeness (QED) is 0.0941. The highest BCUT2D eigenvalue weighted by molar-refractivity contribution is 8.00. The van der Waals surface area contributed by atoms with Crippen LogP contribution in [0.25, 0.3) is 27.4 Å². The third-order valence-electron chi connectivity index (χ3n) is 7.19. The molecule has 0 aliphatic carbocycles. The van der Waals surface area contributed by atoms with Crippen molar-refractivity contribution in [3.05, 3.63) is 137 Å². The van der Waals surface area contributed by atoms with Gasteiger partial charge in [0, 0.05) is 21.5 Å². The minimum atomic E-state index is -0.473. The van der Waals surface area contributed by atoms with E-state index in [0.717, 1.165) is 31.8 Å². The predicted molar refractivity (Wildman–Crippen MR) is 195 cm³/mol. The minimum Gasteiger partial charge on any atom is -0.321 e. The van der Waals surface area contributed by atoms with Crippen LogP contribution in [0.3, 0.4) is 0 Å². The van der Waals surface area contributed by atoms with Gasteiger partial charge in [-0.15, -0.1) is 34.4 Å². The second-order valence-electron chi connectivity index (χ2n) is 10.4. The summed E-state index contributed by atoms with van der Waals surface area (Å²) in [6.07, 6.45) is 2.29. The molecule has 7 nitrogen and oxygen atoms in total. The molecule has 0 bridgehead atoms. The van der Waals surface area contributed by atoms with Gasteiger partial charge in [-0.2, -0.15) is 0 Å². The van der Waals surface area contributed by atoms with Crippen molar-refractivity contribution < 1.29 is 14.4 Å². The van der Waals surface area contributed by atoms with Crippen molar-refractivity contribution in [2.24, 2.45) is 0 Å². The van der Waals surface area contributed by atoms with Gasteiger partial charge in [-0.3, -0.25) is 14.4 Å². The largest absolute Gasteiger partial charge is 0.321 e. The van der Waals surface area contributed by atoms with Gasteiger partial charge in [-0.1, -0.05) is 79.7 Å². The number of thiazole rings is 1. The number of hydrogen-bond donors (Lipinski definition) is 3. The molecule has 0 saturated heterocycles. The number of fused-ring (bicyclic) bond motifs is 1. The third kappa shape index (κ3) is 8.04. The number of rotatable bonds is 11. The topological polar surface area (TPSA) is 100 Å². The fourth-order valence-corrected chi connectivity index (χ4v) is 7.35. The minimum absolute atomic E-state index is 0.101. The van der Waals surface area contributed by atoms with E-state index >= 15 is 0 Å². The molecule has 0 aliphatic rings. The molecule has 10 heteroatoms. The number of nitrogens with zero attached hydrogens (tertiary/aromatic N) is 1. The maximum Gasteiger partial charge on any atom is 0.272 e. The molecular formula is C37H30N4O3S3. The van der Waals surface area contributed by atoms with Crippen LogP contribution in [0.5, 0.6) is 0 Å². The number of nitrogens with one attached hydrogen (secondary N) is 3. The molecule has 3 N–H and O–H groups in total. The summed E-state index contributed by atoms with van der Waals surface area (Å²) in [4.78, 5) is 46.5. The number of hydrogen-bond acceptors (Lipinski definition) is 7. The molecule has 6 aromatic rings. The Morgan fingerprint density at radius 2 is 1.64 bits per heavy atom. The molecule has 0 radical (unpaired) electrons. The fraction of sp³-hybridized carbons (Fsp3) is 0.0811. The van der Waals surface area contributed by atoms with Crippen molar-refractivity contribution in [3.8, 4) is 10.6 Å². The zero-order chi connectivity index (χ0) is 32.6. The van der Waals surface area contributed by atoms with Crippen molar-refractivity contribution in [2.75, 3.05) is 10.6 Å². The molecular weight excluding hydrogens is 645 g/mol. The molecule has 0 saturated carbocycles. The Bertz CT molecular complexity index is 2050. The summed E-state index contributed by atoms with van der Waals surface area (Å²) in [6, 6.07) is 33.8. The van der Waals surface area contributed by atoms with Gasteiger partial charge in [-0.25, -0.2) is 4.98 Å². The standard InChI is InChI=1S/C37H30N4O3S3/c1-2-32(36(44)41-37-40-31(23-46-37)33-19-10-20-45-33)47-28-17-9-16-27(22-28)38-35(43)30(39-34(42)25-12-4-3-5-13-25)21-26-15-8-14-24-11-6-7-18-29(24)26/h3-23,32H,2H2,1H3,(H,38,43)(H,39,42)(H,40,41,44)/b30-21+. The van der Waals surface area contributed by atoms with E-state index in [4.69, 9.17) is 0 Å². The Balaban J connectivity index is 1.19.